The highest BCUT2D eigenvalue weighted by atomic mass is 32.2. The number of amides is 2. The van der Waals surface area contributed by atoms with Gasteiger partial charge in [0.1, 0.15) is 0 Å². The van der Waals surface area contributed by atoms with E-state index in [0.29, 0.717) is 12.6 Å². The molecule has 4 atom stereocenters. The zero-order valence-electron chi connectivity index (χ0n) is 20.3. The average molecular weight is 484 g/mol. The van der Waals surface area contributed by atoms with Crippen molar-refractivity contribution in [3.63, 3.8) is 0 Å². The van der Waals surface area contributed by atoms with Crippen LogP contribution < -0.4 is 10.7 Å². The van der Waals surface area contributed by atoms with Gasteiger partial charge < -0.3 is 15.1 Å². The Balaban J connectivity index is 1.33. The molecule has 1 aromatic carbocycles. The zero-order valence-corrected chi connectivity index (χ0v) is 21.2. The second-order valence-corrected chi connectivity index (χ2v) is 11.2. The van der Waals surface area contributed by atoms with Crippen LogP contribution in [0, 0.1) is 18.8 Å². The zero-order chi connectivity index (χ0) is 23.7. The van der Waals surface area contributed by atoms with Gasteiger partial charge in [0.25, 0.3) is 0 Å². The molecule has 2 aliphatic carbocycles. The lowest BCUT2D eigenvalue weighted by Crippen LogP contribution is -2.68. The van der Waals surface area contributed by atoms with Crippen molar-refractivity contribution in [2.45, 2.75) is 89.3 Å². The molecule has 0 aromatic heterocycles. The average Bonchev–Trinajstić information content (AvgIpc) is 3.50. The van der Waals surface area contributed by atoms with Crippen LogP contribution in [0.2, 0.25) is 0 Å². The number of fused-ring (bicyclic) bond motifs is 3. The number of aryl methyl sites for hydroxylation is 1. The summed E-state index contributed by atoms with van der Waals surface area (Å²) in [7, 11) is 0. The Morgan fingerprint density at radius 2 is 2.06 bits per heavy atom. The fourth-order valence-electron chi connectivity index (χ4n) is 6.11. The van der Waals surface area contributed by atoms with Crippen molar-refractivity contribution in [3.8, 4) is 0 Å². The number of hydrazone groups is 1. The van der Waals surface area contributed by atoms with Crippen LogP contribution in [0.3, 0.4) is 0 Å². The highest BCUT2D eigenvalue weighted by Gasteiger charge is 2.52. The first kappa shape index (κ1) is 23.5. The predicted octanol–water partition coefficient (Wildman–Crippen LogP) is 3.78. The number of rotatable bonds is 6. The van der Waals surface area contributed by atoms with Gasteiger partial charge in [-0.2, -0.15) is 5.10 Å². The molecule has 184 valence electrons. The summed E-state index contributed by atoms with van der Waals surface area (Å²) >= 11 is 1.72. The third kappa shape index (κ3) is 4.66. The van der Waals surface area contributed by atoms with E-state index in [9.17, 15) is 9.59 Å². The van der Waals surface area contributed by atoms with E-state index >= 15 is 0 Å². The van der Waals surface area contributed by atoms with E-state index in [2.05, 4.69) is 58.9 Å². The second kappa shape index (κ2) is 10.2. The molecular formula is C26H37N5O2S. The number of thioether (sulfide) groups is 1. The fourth-order valence-corrected chi connectivity index (χ4v) is 7.09. The molecule has 4 unspecified atom stereocenters. The van der Waals surface area contributed by atoms with Crippen LogP contribution in [-0.4, -0.2) is 51.7 Å². The first-order chi connectivity index (χ1) is 16.5. The Kier molecular flexibility index (Phi) is 7.04. The van der Waals surface area contributed by atoms with Crippen molar-refractivity contribution in [3.05, 3.63) is 35.4 Å². The third-order valence-electron chi connectivity index (χ3n) is 7.82. The summed E-state index contributed by atoms with van der Waals surface area (Å²) in [5, 5.41) is 8.93. The van der Waals surface area contributed by atoms with Crippen LogP contribution in [0.4, 0.5) is 0 Å². The topological polar surface area (TPSA) is 77.0 Å². The van der Waals surface area contributed by atoms with Gasteiger partial charge in [0, 0.05) is 30.3 Å². The number of nitrogens with zero attached hydrogens (tertiary/aromatic N) is 3. The molecule has 0 bridgehead atoms. The standard InChI is InChI=1S/C26H37N5O2S/c1-3-13-30-24(33)21-12-11-19(23(32)27-20-9-4-5-10-20)15-22(21)31-25(30)28-29-26(31)34-16-18-8-6-7-17(2)14-18/h6-8,14,19-22,25,28H,3-5,9-13,15-16H2,1-2H3,(H,27,32). The van der Waals surface area contributed by atoms with Crippen LogP contribution in [0.15, 0.2) is 29.4 Å². The smallest absolute Gasteiger partial charge is 0.230 e. The van der Waals surface area contributed by atoms with E-state index in [1.54, 1.807) is 11.8 Å². The lowest BCUT2D eigenvalue weighted by molar-refractivity contribution is -0.157. The lowest BCUT2D eigenvalue weighted by atomic mass is 9.75. The van der Waals surface area contributed by atoms with Crippen molar-refractivity contribution in [2.75, 3.05) is 6.54 Å². The van der Waals surface area contributed by atoms with Gasteiger partial charge in [0.2, 0.25) is 11.8 Å². The molecule has 8 heteroatoms. The first-order valence-corrected chi connectivity index (χ1v) is 13.9. The molecule has 34 heavy (non-hydrogen) atoms. The summed E-state index contributed by atoms with van der Waals surface area (Å²) in [5.41, 5.74) is 5.78. The summed E-state index contributed by atoms with van der Waals surface area (Å²) in [6.45, 7) is 4.94. The molecule has 2 amide bonds. The van der Waals surface area contributed by atoms with Gasteiger partial charge in [0.15, 0.2) is 11.5 Å². The van der Waals surface area contributed by atoms with Crippen LogP contribution >= 0.6 is 11.8 Å². The first-order valence-electron chi connectivity index (χ1n) is 13.0. The molecule has 1 saturated heterocycles. The van der Waals surface area contributed by atoms with Gasteiger partial charge >= 0.3 is 0 Å². The van der Waals surface area contributed by atoms with E-state index in [-0.39, 0.29) is 36.0 Å². The van der Waals surface area contributed by atoms with Crippen LogP contribution in [-0.2, 0) is 15.3 Å². The van der Waals surface area contributed by atoms with E-state index in [1.807, 2.05) is 4.90 Å². The monoisotopic (exact) mass is 483 g/mol. The largest absolute Gasteiger partial charge is 0.353 e. The van der Waals surface area contributed by atoms with Gasteiger partial charge in [-0.1, -0.05) is 61.4 Å². The van der Waals surface area contributed by atoms with Crippen molar-refractivity contribution in [1.82, 2.24) is 20.5 Å². The Bertz CT molecular complexity index is 947. The van der Waals surface area contributed by atoms with E-state index < -0.39 is 0 Å². The molecule has 4 aliphatic rings. The third-order valence-corrected chi connectivity index (χ3v) is 8.85. The molecule has 2 heterocycles. The summed E-state index contributed by atoms with van der Waals surface area (Å²) < 4.78 is 0. The minimum atomic E-state index is -0.245. The summed E-state index contributed by atoms with van der Waals surface area (Å²) in [4.78, 5) is 30.9. The molecule has 5 rings (SSSR count). The Morgan fingerprint density at radius 1 is 1.24 bits per heavy atom. The van der Waals surface area contributed by atoms with E-state index in [1.165, 1.54) is 24.0 Å². The number of hydrogen-bond acceptors (Lipinski definition) is 6. The van der Waals surface area contributed by atoms with Gasteiger partial charge in [-0.15, -0.1) is 0 Å². The summed E-state index contributed by atoms with van der Waals surface area (Å²) in [6.07, 6.45) is 7.56. The summed E-state index contributed by atoms with van der Waals surface area (Å²) in [5.74, 6) is 1.13. The second-order valence-electron chi connectivity index (χ2n) is 10.3. The molecular weight excluding hydrogens is 446 g/mol. The van der Waals surface area contributed by atoms with Gasteiger partial charge in [-0.3, -0.25) is 15.0 Å². The molecule has 0 spiro atoms. The minimum Gasteiger partial charge on any atom is -0.353 e. The van der Waals surface area contributed by atoms with Crippen molar-refractivity contribution >= 4 is 28.7 Å². The normalized spacial score (nSPS) is 28.9. The SMILES string of the molecule is CCCN1C(=O)C2CCC(C(=O)NC3CCCC3)CC2N2C(SCc3cccc(C)c3)=NNC12. The maximum atomic E-state index is 13.5. The van der Waals surface area contributed by atoms with Gasteiger partial charge in [0.05, 0.1) is 5.92 Å². The van der Waals surface area contributed by atoms with E-state index in [4.69, 9.17) is 0 Å². The predicted molar refractivity (Wildman–Crippen MR) is 136 cm³/mol. The molecule has 1 aromatic rings. The molecule has 7 nitrogen and oxygen atoms in total. The number of carbonyl (C=O) groups is 2. The van der Waals surface area contributed by atoms with Crippen LogP contribution in [0.1, 0.15) is 69.4 Å². The quantitative estimate of drug-likeness (QED) is 0.644. The minimum absolute atomic E-state index is 0.0115. The Morgan fingerprint density at radius 3 is 2.82 bits per heavy atom. The Hall–Kier alpha value is -2.22. The number of carbonyl (C=O) groups excluding carboxylic acids is 2. The molecule has 0 radical (unpaired) electrons. The number of amidine groups is 1. The highest BCUT2D eigenvalue weighted by Crippen LogP contribution is 2.41. The maximum absolute atomic E-state index is 13.5. The highest BCUT2D eigenvalue weighted by molar-refractivity contribution is 8.13. The van der Waals surface area contributed by atoms with E-state index in [0.717, 1.165) is 49.4 Å². The molecule has 3 fully saturated rings. The lowest BCUT2D eigenvalue weighted by Gasteiger charge is -2.51. The molecule has 2 N–H and O–H groups in total. The van der Waals surface area contributed by atoms with Gasteiger partial charge in [-0.25, -0.2) is 0 Å². The maximum Gasteiger partial charge on any atom is 0.230 e. The van der Waals surface area contributed by atoms with Crippen molar-refractivity contribution in [1.29, 1.82) is 0 Å². The number of benzene rings is 1. The van der Waals surface area contributed by atoms with Crippen LogP contribution in [0.5, 0.6) is 0 Å². The number of hydrogen-bond donors (Lipinski definition) is 2. The number of nitrogens with one attached hydrogen (secondary N) is 2. The van der Waals surface area contributed by atoms with Crippen molar-refractivity contribution < 1.29 is 9.59 Å². The van der Waals surface area contributed by atoms with Crippen molar-refractivity contribution in [2.24, 2.45) is 16.9 Å². The van der Waals surface area contributed by atoms with Gasteiger partial charge in [-0.05, 0) is 51.0 Å². The molecule has 2 aliphatic heterocycles. The molecule has 2 saturated carbocycles. The Labute approximate surface area is 207 Å². The summed E-state index contributed by atoms with van der Waals surface area (Å²) in [6, 6.07) is 8.91. The fraction of sp³-hybridized carbons (Fsp3) is 0.654. The van der Waals surface area contributed by atoms with Crippen LogP contribution in [0.25, 0.3) is 0 Å².